The van der Waals surface area contributed by atoms with Crippen molar-refractivity contribution < 1.29 is 0 Å². The van der Waals surface area contributed by atoms with E-state index in [-0.39, 0.29) is 5.69 Å². The Hall–Kier alpha value is -1.20. The van der Waals surface area contributed by atoms with E-state index in [0.29, 0.717) is 0 Å². The molecule has 2 N–H and O–H groups in total. The zero-order valence-corrected chi connectivity index (χ0v) is 10.5. The molecule has 0 radical (unpaired) electrons. The Bertz CT molecular complexity index is 565. The number of hydrogen-bond donors (Lipinski definition) is 2. The molecule has 2 rings (SSSR count). The first-order valence-corrected chi connectivity index (χ1v) is 5.83. The molecular formula is C11H12BrN3O. The van der Waals surface area contributed by atoms with Crippen molar-refractivity contribution in [2.45, 2.75) is 6.42 Å². The van der Waals surface area contributed by atoms with Gasteiger partial charge in [-0.25, -0.2) is 4.79 Å². The number of rotatable bonds is 3. The monoisotopic (exact) mass is 281 g/mol. The van der Waals surface area contributed by atoms with E-state index in [0.717, 1.165) is 34.0 Å². The van der Waals surface area contributed by atoms with Gasteiger partial charge in [-0.2, -0.15) is 4.98 Å². The summed E-state index contributed by atoms with van der Waals surface area (Å²) in [4.78, 5) is 18.1. The molecule has 0 unspecified atom stereocenters. The van der Waals surface area contributed by atoms with Crippen molar-refractivity contribution in [1.29, 1.82) is 0 Å². The normalized spacial score (nSPS) is 10.9. The molecule has 1 aromatic carbocycles. The van der Waals surface area contributed by atoms with Crippen LogP contribution in [0.15, 0.2) is 27.5 Å². The van der Waals surface area contributed by atoms with Gasteiger partial charge in [0.25, 0.3) is 0 Å². The Morgan fingerprint density at radius 3 is 3.06 bits per heavy atom. The second-order valence-electron chi connectivity index (χ2n) is 3.54. The van der Waals surface area contributed by atoms with E-state index >= 15 is 0 Å². The van der Waals surface area contributed by atoms with E-state index in [1.54, 1.807) is 0 Å². The summed E-state index contributed by atoms with van der Waals surface area (Å²) in [5.74, 6) is 0. The smallest absolute Gasteiger partial charge is 0.319 e. The lowest BCUT2D eigenvalue weighted by atomic mass is 10.1. The summed E-state index contributed by atoms with van der Waals surface area (Å²) in [5, 5.41) is 4.05. The predicted molar refractivity (Wildman–Crippen MR) is 67.7 cm³/mol. The third kappa shape index (κ3) is 2.31. The number of aromatic amines is 1. The minimum Gasteiger partial charge on any atom is -0.319 e. The third-order valence-corrected chi connectivity index (χ3v) is 2.88. The summed E-state index contributed by atoms with van der Waals surface area (Å²) in [6.45, 7) is 0.821. The van der Waals surface area contributed by atoms with Crippen molar-refractivity contribution in [3.05, 3.63) is 38.9 Å². The van der Waals surface area contributed by atoms with Crippen LogP contribution in [0.3, 0.4) is 0 Å². The Morgan fingerprint density at radius 2 is 2.31 bits per heavy atom. The topological polar surface area (TPSA) is 57.8 Å². The average molecular weight is 282 g/mol. The molecule has 2 aromatic rings. The van der Waals surface area contributed by atoms with Gasteiger partial charge in [-0.15, -0.1) is 0 Å². The van der Waals surface area contributed by atoms with E-state index in [2.05, 4.69) is 31.2 Å². The molecule has 0 saturated heterocycles. The van der Waals surface area contributed by atoms with E-state index in [1.807, 2.05) is 25.2 Å². The second-order valence-corrected chi connectivity index (χ2v) is 4.45. The quantitative estimate of drug-likeness (QED) is 0.895. The largest absolute Gasteiger partial charge is 0.345 e. The number of fused-ring (bicyclic) bond motifs is 1. The molecular weight excluding hydrogens is 270 g/mol. The van der Waals surface area contributed by atoms with Gasteiger partial charge in [-0.05, 0) is 25.2 Å². The summed E-state index contributed by atoms with van der Waals surface area (Å²) in [6.07, 6.45) is 0.779. The first-order chi connectivity index (χ1) is 7.70. The number of hydrogen-bond acceptors (Lipinski definition) is 3. The summed E-state index contributed by atoms with van der Waals surface area (Å²) < 4.78 is 0.986. The molecule has 1 heterocycles. The van der Waals surface area contributed by atoms with Crippen molar-refractivity contribution in [3.8, 4) is 0 Å². The van der Waals surface area contributed by atoms with Gasteiger partial charge in [0.05, 0.1) is 5.52 Å². The molecule has 0 fully saturated rings. The van der Waals surface area contributed by atoms with Crippen molar-refractivity contribution in [2.75, 3.05) is 13.6 Å². The van der Waals surface area contributed by atoms with E-state index in [9.17, 15) is 4.79 Å². The van der Waals surface area contributed by atoms with Crippen LogP contribution in [0.2, 0.25) is 0 Å². The fourth-order valence-electron chi connectivity index (χ4n) is 1.63. The lowest BCUT2D eigenvalue weighted by Crippen LogP contribution is -2.17. The van der Waals surface area contributed by atoms with Gasteiger partial charge in [0.15, 0.2) is 0 Å². The Kier molecular flexibility index (Phi) is 3.36. The molecule has 0 saturated carbocycles. The Balaban J connectivity index is 2.60. The summed E-state index contributed by atoms with van der Waals surface area (Å²) in [5.41, 5.74) is 1.37. The molecule has 0 aliphatic rings. The van der Waals surface area contributed by atoms with Crippen LogP contribution in [0, 0.1) is 0 Å². The van der Waals surface area contributed by atoms with Crippen LogP contribution in [0.4, 0.5) is 0 Å². The van der Waals surface area contributed by atoms with Gasteiger partial charge in [0.2, 0.25) is 0 Å². The number of halogens is 1. The number of nitrogens with zero attached hydrogens (tertiary/aromatic N) is 1. The second kappa shape index (κ2) is 4.76. The molecule has 16 heavy (non-hydrogen) atoms. The first-order valence-electron chi connectivity index (χ1n) is 5.04. The summed E-state index contributed by atoms with van der Waals surface area (Å²) in [6, 6.07) is 5.71. The van der Waals surface area contributed by atoms with Crippen LogP contribution in [-0.4, -0.2) is 23.6 Å². The molecule has 0 atom stereocenters. The standard InChI is InChI=1S/C11H12BrN3O/c1-13-5-4-10-8-6-7(12)2-3-9(8)14-11(16)15-10/h2-3,6,13H,4-5H2,1H3,(H,14,15,16). The number of likely N-dealkylation sites (N-methyl/N-ethyl adjacent to an activating group) is 1. The maximum atomic E-state index is 11.4. The third-order valence-electron chi connectivity index (χ3n) is 2.39. The highest BCUT2D eigenvalue weighted by atomic mass is 79.9. The van der Waals surface area contributed by atoms with Gasteiger partial charge >= 0.3 is 5.69 Å². The fraction of sp³-hybridized carbons (Fsp3) is 0.273. The number of nitrogens with one attached hydrogen (secondary N) is 2. The minimum atomic E-state index is -0.291. The summed E-state index contributed by atoms with van der Waals surface area (Å²) >= 11 is 3.42. The highest BCUT2D eigenvalue weighted by Crippen LogP contribution is 2.19. The van der Waals surface area contributed by atoms with Crippen LogP contribution >= 0.6 is 15.9 Å². The number of aromatic nitrogens is 2. The molecule has 4 nitrogen and oxygen atoms in total. The van der Waals surface area contributed by atoms with Crippen LogP contribution in [-0.2, 0) is 6.42 Å². The highest BCUT2D eigenvalue weighted by Gasteiger charge is 2.04. The van der Waals surface area contributed by atoms with E-state index in [4.69, 9.17) is 0 Å². The van der Waals surface area contributed by atoms with Gasteiger partial charge in [0, 0.05) is 28.5 Å². The zero-order valence-electron chi connectivity index (χ0n) is 8.88. The molecule has 1 aromatic heterocycles. The SMILES string of the molecule is CNCCc1[nH]c(=O)nc2ccc(Br)cc12. The molecule has 0 bridgehead atoms. The van der Waals surface area contributed by atoms with Crippen LogP contribution in [0.5, 0.6) is 0 Å². The van der Waals surface area contributed by atoms with Crippen molar-refractivity contribution >= 4 is 26.8 Å². The van der Waals surface area contributed by atoms with Crippen LogP contribution < -0.4 is 11.0 Å². The maximum Gasteiger partial charge on any atom is 0.345 e. The number of H-pyrrole nitrogens is 1. The van der Waals surface area contributed by atoms with Crippen molar-refractivity contribution in [3.63, 3.8) is 0 Å². The summed E-state index contributed by atoms with van der Waals surface area (Å²) in [7, 11) is 1.89. The van der Waals surface area contributed by atoms with Crippen molar-refractivity contribution in [2.24, 2.45) is 0 Å². The van der Waals surface area contributed by atoms with Gasteiger partial charge < -0.3 is 10.3 Å². The zero-order chi connectivity index (χ0) is 11.5. The number of benzene rings is 1. The lowest BCUT2D eigenvalue weighted by Gasteiger charge is -2.05. The molecule has 5 heteroatoms. The Morgan fingerprint density at radius 1 is 1.50 bits per heavy atom. The fourth-order valence-corrected chi connectivity index (χ4v) is 1.99. The minimum absolute atomic E-state index is 0.291. The molecule has 0 spiro atoms. The molecule has 0 aliphatic carbocycles. The van der Waals surface area contributed by atoms with Gasteiger partial charge in [0.1, 0.15) is 0 Å². The van der Waals surface area contributed by atoms with Gasteiger partial charge in [-0.1, -0.05) is 15.9 Å². The average Bonchev–Trinajstić information content (AvgIpc) is 2.26. The predicted octanol–water partition coefficient (Wildman–Crippen LogP) is 1.45. The van der Waals surface area contributed by atoms with E-state index < -0.39 is 0 Å². The van der Waals surface area contributed by atoms with Crippen LogP contribution in [0.1, 0.15) is 5.69 Å². The lowest BCUT2D eigenvalue weighted by molar-refractivity contribution is 0.775. The van der Waals surface area contributed by atoms with Crippen molar-refractivity contribution in [1.82, 2.24) is 15.3 Å². The first kappa shape index (κ1) is 11.3. The molecule has 0 aliphatic heterocycles. The maximum absolute atomic E-state index is 11.4. The van der Waals surface area contributed by atoms with Crippen LogP contribution in [0.25, 0.3) is 10.9 Å². The molecule has 0 amide bonds. The Labute approximate surface area is 101 Å². The molecule has 84 valence electrons. The van der Waals surface area contributed by atoms with Gasteiger partial charge in [-0.3, -0.25) is 0 Å². The van der Waals surface area contributed by atoms with E-state index in [1.165, 1.54) is 0 Å². The highest BCUT2D eigenvalue weighted by molar-refractivity contribution is 9.10.